The Morgan fingerprint density at radius 1 is 1.08 bits per heavy atom. The molecule has 3 rings (SSSR count). The average Bonchev–Trinajstić information content (AvgIpc) is 3.15. The topological polar surface area (TPSA) is 58.7 Å². The molecule has 0 saturated heterocycles. The van der Waals surface area contributed by atoms with Crippen LogP contribution < -0.4 is 0 Å². The Bertz CT molecular complexity index is 833. The molecule has 1 aromatic heterocycles. The van der Waals surface area contributed by atoms with Crippen molar-refractivity contribution >= 4 is 17.8 Å². The smallest absolute Gasteiger partial charge is 0.253 e. The number of benzene rings is 2. The third-order valence-electron chi connectivity index (χ3n) is 3.51. The summed E-state index contributed by atoms with van der Waals surface area (Å²) in [5.41, 5.74) is 3.39. The standard InChI is InChI=1S/C19H17N3O2/c1-22(2)19(23)16-5-3-14(4-6-16)11-21-17-9-7-15(8-10-17)18-12-20-13-24-18/h3-13H,1-2H3. The minimum atomic E-state index is -0.0125. The van der Waals surface area contributed by atoms with Crippen LogP contribution in [0.2, 0.25) is 0 Å². The molecule has 2 aromatic carbocycles. The largest absolute Gasteiger partial charge is 0.444 e. The Balaban J connectivity index is 1.70. The normalized spacial score (nSPS) is 10.9. The van der Waals surface area contributed by atoms with Gasteiger partial charge in [-0.3, -0.25) is 9.79 Å². The summed E-state index contributed by atoms with van der Waals surface area (Å²) in [6, 6.07) is 15.1. The van der Waals surface area contributed by atoms with E-state index in [4.69, 9.17) is 4.42 Å². The summed E-state index contributed by atoms with van der Waals surface area (Å²) in [6.45, 7) is 0. The number of amides is 1. The Morgan fingerprint density at radius 3 is 2.38 bits per heavy atom. The first kappa shape index (κ1) is 15.7. The molecular formula is C19H17N3O2. The Hall–Kier alpha value is -3.21. The van der Waals surface area contributed by atoms with Crippen molar-refractivity contribution in [1.82, 2.24) is 9.88 Å². The molecule has 0 fully saturated rings. The van der Waals surface area contributed by atoms with Gasteiger partial charge >= 0.3 is 0 Å². The van der Waals surface area contributed by atoms with Gasteiger partial charge in [0.1, 0.15) is 0 Å². The van der Waals surface area contributed by atoms with Gasteiger partial charge in [0.2, 0.25) is 0 Å². The molecule has 0 aliphatic heterocycles. The first-order valence-corrected chi connectivity index (χ1v) is 7.48. The summed E-state index contributed by atoms with van der Waals surface area (Å²) in [4.78, 5) is 21.7. The summed E-state index contributed by atoms with van der Waals surface area (Å²) in [5.74, 6) is 0.716. The predicted molar refractivity (Wildman–Crippen MR) is 93.7 cm³/mol. The molecule has 5 nitrogen and oxygen atoms in total. The summed E-state index contributed by atoms with van der Waals surface area (Å²) in [6.07, 6.45) is 4.86. The molecule has 0 radical (unpaired) electrons. The van der Waals surface area contributed by atoms with Gasteiger partial charge in [-0.15, -0.1) is 0 Å². The van der Waals surface area contributed by atoms with Gasteiger partial charge in [-0.2, -0.15) is 0 Å². The molecule has 3 aromatic rings. The number of hydrogen-bond acceptors (Lipinski definition) is 4. The lowest BCUT2D eigenvalue weighted by Gasteiger charge is -2.09. The van der Waals surface area contributed by atoms with E-state index >= 15 is 0 Å². The van der Waals surface area contributed by atoms with E-state index in [1.165, 1.54) is 6.39 Å². The maximum atomic E-state index is 11.8. The number of aromatic nitrogens is 1. The fraction of sp³-hybridized carbons (Fsp3) is 0.105. The Morgan fingerprint density at radius 2 is 1.79 bits per heavy atom. The first-order chi connectivity index (χ1) is 11.6. The van der Waals surface area contributed by atoms with E-state index in [2.05, 4.69) is 9.98 Å². The molecule has 0 bridgehead atoms. The number of carbonyl (C=O) groups is 1. The minimum Gasteiger partial charge on any atom is -0.444 e. The van der Waals surface area contributed by atoms with Crippen molar-refractivity contribution in [2.24, 2.45) is 4.99 Å². The SMILES string of the molecule is CN(C)C(=O)c1ccc(C=Nc2ccc(-c3cnco3)cc2)cc1. The molecule has 0 aliphatic rings. The van der Waals surface area contributed by atoms with Crippen LogP contribution in [0.25, 0.3) is 11.3 Å². The molecule has 0 unspecified atom stereocenters. The average molecular weight is 319 g/mol. The Kier molecular flexibility index (Phi) is 4.52. The highest BCUT2D eigenvalue weighted by molar-refractivity contribution is 5.94. The summed E-state index contributed by atoms with van der Waals surface area (Å²) < 4.78 is 5.26. The summed E-state index contributed by atoms with van der Waals surface area (Å²) in [7, 11) is 3.47. The molecule has 0 spiro atoms. The van der Waals surface area contributed by atoms with E-state index in [9.17, 15) is 4.79 Å². The molecule has 0 atom stereocenters. The van der Waals surface area contributed by atoms with Crippen molar-refractivity contribution in [3.63, 3.8) is 0 Å². The second kappa shape index (κ2) is 6.91. The lowest BCUT2D eigenvalue weighted by atomic mass is 10.1. The lowest BCUT2D eigenvalue weighted by Crippen LogP contribution is -2.21. The summed E-state index contributed by atoms with van der Waals surface area (Å²) in [5, 5.41) is 0. The highest BCUT2D eigenvalue weighted by atomic mass is 16.3. The van der Waals surface area contributed by atoms with Crippen LogP contribution in [0.5, 0.6) is 0 Å². The van der Waals surface area contributed by atoms with Crippen molar-refractivity contribution in [1.29, 1.82) is 0 Å². The zero-order valence-corrected chi connectivity index (χ0v) is 13.5. The van der Waals surface area contributed by atoms with Crippen LogP contribution in [-0.4, -0.2) is 36.1 Å². The lowest BCUT2D eigenvalue weighted by molar-refractivity contribution is 0.0827. The van der Waals surface area contributed by atoms with Crippen molar-refractivity contribution in [2.45, 2.75) is 0 Å². The van der Waals surface area contributed by atoms with Crippen LogP contribution in [0.1, 0.15) is 15.9 Å². The van der Waals surface area contributed by atoms with Crippen LogP contribution in [0.4, 0.5) is 5.69 Å². The molecule has 1 heterocycles. The molecule has 5 heteroatoms. The number of rotatable bonds is 4. The predicted octanol–water partition coefficient (Wildman–Crippen LogP) is 3.79. The van der Waals surface area contributed by atoms with E-state index < -0.39 is 0 Å². The maximum absolute atomic E-state index is 11.8. The number of nitrogens with zero attached hydrogens (tertiary/aromatic N) is 3. The molecule has 0 aliphatic carbocycles. The van der Waals surface area contributed by atoms with E-state index in [1.54, 1.807) is 43.5 Å². The van der Waals surface area contributed by atoms with Crippen molar-refractivity contribution in [2.75, 3.05) is 14.1 Å². The third kappa shape index (κ3) is 3.57. The zero-order chi connectivity index (χ0) is 16.9. The van der Waals surface area contributed by atoms with Crippen LogP contribution >= 0.6 is 0 Å². The Labute approximate surface area is 140 Å². The molecule has 24 heavy (non-hydrogen) atoms. The van der Waals surface area contributed by atoms with E-state index in [1.807, 2.05) is 36.4 Å². The van der Waals surface area contributed by atoms with Gasteiger partial charge in [-0.25, -0.2) is 4.98 Å². The number of hydrogen-bond donors (Lipinski definition) is 0. The van der Waals surface area contributed by atoms with E-state index in [0.717, 1.165) is 22.6 Å². The van der Waals surface area contributed by atoms with Gasteiger partial charge in [0.25, 0.3) is 5.91 Å². The third-order valence-corrected chi connectivity index (χ3v) is 3.51. The molecular weight excluding hydrogens is 302 g/mol. The number of oxazole rings is 1. The fourth-order valence-corrected chi connectivity index (χ4v) is 2.19. The van der Waals surface area contributed by atoms with Gasteiger partial charge in [-0.1, -0.05) is 12.1 Å². The first-order valence-electron chi connectivity index (χ1n) is 7.48. The minimum absolute atomic E-state index is 0.0125. The van der Waals surface area contributed by atoms with Gasteiger partial charge in [0, 0.05) is 31.4 Å². The second-order valence-corrected chi connectivity index (χ2v) is 5.49. The quantitative estimate of drug-likeness (QED) is 0.687. The molecule has 0 N–H and O–H groups in total. The number of carbonyl (C=O) groups excluding carboxylic acids is 1. The van der Waals surface area contributed by atoms with Crippen molar-refractivity contribution in [3.8, 4) is 11.3 Å². The highest BCUT2D eigenvalue weighted by Gasteiger charge is 2.06. The van der Waals surface area contributed by atoms with Crippen molar-refractivity contribution in [3.05, 3.63) is 72.2 Å². The second-order valence-electron chi connectivity index (χ2n) is 5.49. The van der Waals surface area contributed by atoms with Crippen LogP contribution in [0.3, 0.4) is 0 Å². The van der Waals surface area contributed by atoms with Gasteiger partial charge in [0.05, 0.1) is 11.9 Å². The highest BCUT2D eigenvalue weighted by Crippen LogP contribution is 2.22. The van der Waals surface area contributed by atoms with E-state index in [0.29, 0.717) is 5.56 Å². The monoisotopic (exact) mass is 319 g/mol. The molecule has 120 valence electrons. The van der Waals surface area contributed by atoms with Crippen LogP contribution in [0.15, 0.2) is 70.5 Å². The van der Waals surface area contributed by atoms with Gasteiger partial charge in [-0.05, 0) is 42.0 Å². The van der Waals surface area contributed by atoms with Crippen LogP contribution in [0, 0.1) is 0 Å². The zero-order valence-electron chi connectivity index (χ0n) is 13.5. The van der Waals surface area contributed by atoms with Gasteiger partial charge < -0.3 is 9.32 Å². The summed E-state index contributed by atoms with van der Waals surface area (Å²) >= 11 is 0. The maximum Gasteiger partial charge on any atom is 0.253 e. The van der Waals surface area contributed by atoms with Gasteiger partial charge in [0.15, 0.2) is 12.2 Å². The molecule has 1 amide bonds. The number of aliphatic imine (C=N–C) groups is 1. The van der Waals surface area contributed by atoms with Crippen LogP contribution in [-0.2, 0) is 0 Å². The van der Waals surface area contributed by atoms with E-state index in [-0.39, 0.29) is 5.91 Å². The fourth-order valence-electron chi connectivity index (χ4n) is 2.19. The molecule has 0 saturated carbocycles. The van der Waals surface area contributed by atoms with Crippen molar-refractivity contribution < 1.29 is 9.21 Å².